The van der Waals surface area contributed by atoms with Crippen LogP contribution in [0.15, 0.2) is 27.4 Å². The van der Waals surface area contributed by atoms with E-state index >= 15 is 0 Å². The summed E-state index contributed by atoms with van der Waals surface area (Å²) in [6, 6.07) is 3.52. The number of aryl methyl sites for hydroxylation is 1. The molecule has 4 nitrogen and oxygen atoms in total. The van der Waals surface area contributed by atoms with Crippen molar-refractivity contribution >= 4 is 29.1 Å². The number of rotatable bonds is 4. The van der Waals surface area contributed by atoms with Crippen LogP contribution in [-0.2, 0) is 12.6 Å². The van der Waals surface area contributed by atoms with Crippen molar-refractivity contribution in [3.63, 3.8) is 0 Å². The molecule has 1 aromatic heterocycles. The van der Waals surface area contributed by atoms with Crippen LogP contribution in [0.25, 0.3) is 0 Å². The van der Waals surface area contributed by atoms with Gasteiger partial charge >= 0.3 is 6.18 Å². The third-order valence-corrected chi connectivity index (χ3v) is 4.34. The van der Waals surface area contributed by atoms with Crippen molar-refractivity contribution in [3.8, 4) is 0 Å². The number of hydrogen-bond acceptors (Lipinski definition) is 5. The lowest BCUT2D eigenvalue weighted by Gasteiger charge is -2.12. The first-order valence-corrected chi connectivity index (χ1v) is 7.46. The topological polar surface area (TPSA) is 75.7 Å². The average Bonchev–Trinajstić information content (AvgIpc) is 2.85. The van der Waals surface area contributed by atoms with Crippen LogP contribution in [0.2, 0.25) is 0 Å². The second-order valence-electron chi connectivity index (χ2n) is 4.05. The van der Waals surface area contributed by atoms with Crippen molar-refractivity contribution < 1.29 is 13.2 Å². The summed E-state index contributed by atoms with van der Waals surface area (Å²) in [6.45, 7) is 1.92. The molecule has 3 N–H and O–H groups in total. The lowest BCUT2D eigenvalue weighted by Crippen LogP contribution is -2.18. The number of nitrogens with two attached hydrogens (primary N) is 1. The van der Waals surface area contributed by atoms with E-state index in [0.717, 1.165) is 6.07 Å². The molecule has 112 valence electrons. The zero-order chi connectivity index (χ0) is 15.6. The van der Waals surface area contributed by atoms with E-state index in [9.17, 15) is 13.2 Å². The monoisotopic (exact) mass is 332 g/mol. The fraction of sp³-hybridized carbons (Fsp3) is 0.250. The lowest BCUT2D eigenvalue weighted by atomic mass is 10.1. The van der Waals surface area contributed by atoms with Crippen molar-refractivity contribution in [2.24, 2.45) is 5.73 Å². The maximum absolute atomic E-state index is 12.8. The van der Waals surface area contributed by atoms with Gasteiger partial charge in [0.1, 0.15) is 11.7 Å². The number of alkyl halides is 3. The molecule has 1 heterocycles. The number of nitrogens with one attached hydrogen (secondary N) is 1. The Kier molecular flexibility index (Phi) is 4.52. The fourth-order valence-electron chi connectivity index (χ4n) is 1.58. The fourth-order valence-corrected chi connectivity index (χ4v) is 3.30. The molecule has 0 spiro atoms. The number of aromatic nitrogens is 2. The minimum Gasteiger partial charge on any atom is -0.384 e. The van der Waals surface area contributed by atoms with Crippen molar-refractivity contribution in [2.45, 2.75) is 28.8 Å². The minimum absolute atomic E-state index is 0.326. The summed E-state index contributed by atoms with van der Waals surface area (Å²) in [5.74, 6) is 0.0810. The van der Waals surface area contributed by atoms with Crippen LogP contribution >= 0.6 is 23.3 Å². The Balaban J connectivity index is 2.34. The molecular formula is C12H11F3N4S2. The average molecular weight is 332 g/mol. The Morgan fingerprint density at radius 2 is 2.14 bits per heavy atom. The SMILES string of the molecule is CCc1nsc(Sc2ccc(C(F)(F)F)c(C(=N)N)c2)n1. The summed E-state index contributed by atoms with van der Waals surface area (Å²) in [7, 11) is 0. The second kappa shape index (κ2) is 6.02. The van der Waals surface area contributed by atoms with Crippen LogP contribution in [0.1, 0.15) is 23.9 Å². The Morgan fingerprint density at radius 1 is 1.43 bits per heavy atom. The molecule has 0 amide bonds. The molecule has 0 saturated carbocycles. The lowest BCUT2D eigenvalue weighted by molar-refractivity contribution is -0.137. The van der Waals surface area contributed by atoms with E-state index in [1.165, 1.54) is 35.4 Å². The Bertz CT molecular complexity index is 667. The highest BCUT2D eigenvalue weighted by Gasteiger charge is 2.34. The smallest absolute Gasteiger partial charge is 0.384 e. The number of nitrogens with zero attached hydrogens (tertiary/aromatic N) is 2. The molecule has 1 aromatic carbocycles. The quantitative estimate of drug-likeness (QED) is 0.663. The third-order valence-electron chi connectivity index (χ3n) is 2.56. The summed E-state index contributed by atoms with van der Waals surface area (Å²) in [6.07, 6.45) is -3.84. The first-order chi connectivity index (χ1) is 9.81. The standard InChI is InChI=1S/C12H11F3N4S2/c1-2-9-18-11(21-19-9)20-6-3-4-8(12(13,14)15)7(5-6)10(16)17/h3-5H,2H2,1H3,(H3,16,17). The summed E-state index contributed by atoms with van der Waals surface area (Å²) in [5.41, 5.74) is 4.01. The Hall–Kier alpha value is -1.61. The van der Waals surface area contributed by atoms with Gasteiger partial charge in [-0.3, -0.25) is 5.41 Å². The van der Waals surface area contributed by atoms with E-state index in [-0.39, 0.29) is 5.56 Å². The van der Waals surface area contributed by atoms with Gasteiger partial charge in [0.15, 0.2) is 4.34 Å². The number of nitrogen functional groups attached to an aromatic ring is 1. The predicted octanol–water partition coefficient (Wildman–Crippen LogP) is 3.55. The van der Waals surface area contributed by atoms with E-state index in [0.29, 0.717) is 21.5 Å². The van der Waals surface area contributed by atoms with Crippen molar-refractivity contribution in [2.75, 3.05) is 0 Å². The zero-order valence-corrected chi connectivity index (χ0v) is 12.5. The number of amidine groups is 1. The van der Waals surface area contributed by atoms with Gasteiger partial charge in [-0.2, -0.15) is 17.5 Å². The maximum Gasteiger partial charge on any atom is 0.417 e. The van der Waals surface area contributed by atoms with Crippen molar-refractivity contribution in [1.82, 2.24) is 9.36 Å². The molecular weight excluding hydrogens is 321 g/mol. The van der Waals surface area contributed by atoms with Gasteiger partial charge in [0.2, 0.25) is 0 Å². The normalized spacial score (nSPS) is 11.6. The molecule has 0 unspecified atom stereocenters. The summed E-state index contributed by atoms with van der Waals surface area (Å²) in [5, 5.41) is 7.31. The van der Waals surface area contributed by atoms with Crippen LogP contribution in [0.4, 0.5) is 13.2 Å². The molecule has 0 atom stereocenters. The van der Waals surface area contributed by atoms with Crippen LogP contribution in [-0.4, -0.2) is 15.2 Å². The number of halogens is 3. The van der Waals surface area contributed by atoms with E-state index in [4.69, 9.17) is 11.1 Å². The minimum atomic E-state index is -4.54. The summed E-state index contributed by atoms with van der Waals surface area (Å²) >= 11 is 2.39. The van der Waals surface area contributed by atoms with Gasteiger partial charge in [0, 0.05) is 16.9 Å². The Morgan fingerprint density at radius 3 is 2.67 bits per heavy atom. The Labute approximate surface area is 127 Å². The highest BCUT2D eigenvalue weighted by molar-refractivity contribution is 8.01. The molecule has 0 radical (unpaired) electrons. The molecule has 2 rings (SSSR count). The third kappa shape index (κ3) is 3.73. The van der Waals surface area contributed by atoms with Gasteiger partial charge in [0.25, 0.3) is 0 Å². The van der Waals surface area contributed by atoms with Crippen LogP contribution in [0, 0.1) is 5.41 Å². The molecule has 0 aliphatic heterocycles. The second-order valence-corrected chi connectivity index (χ2v) is 6.12. The molecule has 0 fully saturated rings. The van der Waals surface area contributed by atoms with Crippen LogP contribution < -0.4 is 5.73 Å². The first-order valence-electron chi connectivity index (χ1n) is 5.87. The van der Waals surface area contributed by atoms with Crippen LogP contribution in [0.5, 0.6) is 0 Å². The van der Waals surface area contributed by atoms with Gasteiger partial charge in [-0.15, -0.1) is 0 Å². The summed E-state index contributed by atoms with van der Waals surface area (Å²) in [4.78, 5) is 4.77. The van der Waals surface area contributed by atoms with Gasteiger partial charge < -0.3 is 5.73 Å². The maximum atomic E-state index is 12.8. The molecule has 0 saturated heterocycles. The zero-order valence-electron chi connectivity index (χ0n) is 10.9. The molecule has 2 aromatic rings. The highest BCUT2D eigenvalue weighted by atomic mass is 32.2. The first kappa shape index (κ1) is 15.8. The van der Waals surface area contributed by atoms with Crippen LogP contribution in [0.3, 0.4) is 0 Å². The molecule has 21 heavy (non-hydrogen) atoms. The van der Waals surface area contributed by atoms with E-state index < -0.39 is 17.6 Å². The van der Waals surface area contributed by atoms with Gasteiger partial charge in [-0.05, 0) is 29.7 Å². The van der Waals surface area contributed by atoms with Crippen molar-refractivity contribution in [1.29, 1.82) is 5.41 Å². The molecule has 0 bridgehead atoms. The summed E-state index contributed by atoms with van der Waals surface area (Å²) < 4.78 is 43.3. The molecule has 0 aliphatic carbocycles. The molecule has 9 heteroatoms. The van der Waals surface area contributed by atoms with E-state index in [1.807, 2.05) is 6.92 Å². The van der Waals surface area contributed by atoms with Gasteiger partial charge in [-0.25, -0.2) is 4.98 Å². The largest absolute Gasteiger partial charge is 0.417 e. The predicted molar refractivity (Wildman–Crippen MR) is 75.9 cm³/mol. The molecule has 0 aliphatic rings. The van der Waals surface area contributed by atoms with E-state index in [2.05, 4.69) is 9.36 Å². The number of benzene rings is 1. The highest BCUT2D eigenvalue weighted by Crippen LogP contribution is 2.36. The van der Waals surface area contributed by atoms with Gasteiger partial charge in [-0.1, -0.05) is 18.7 Å². The van der Waals surface area contributed by atoms with Crippen molar-refractivity contribution in [3.05, 3.63) is 35.2 Å². The number of hydrogen-bond donors (Lipinski definition) is 2. The van der Waals surface area contributed by atoms with E-state index in [1.54, 1.807) is 0 Å². The van der Waals surface area contributed by atoms with Gasteiger partial charge in [0.05, 0.1) is 5.56 Å².